The molecule has 0 bridgehead atoms. The highest BCUT2D eigenvalue weighted by atomic mass is 15.1. The van der Waals surface area contributed by atoms with E-state index >= 15 is 0 Å². The molecule has 1 atom stereocenters. The van der Waals surface area contributed by atoms with Gasteiger partial charge in [0.15, 0.2) is 0 Å². The first-order chi connectivity index (χ1) is 5.88. The van der Waals surface area contributed by atoms with Gasteiger partial charge in [-0.2, -0.15) is 0 Å². The van der Waals surface area contributed by atoms with Crippen LogP contribution in [-0.4, -0.2) is 24.5 Å². The average Bonchev–Trinajstić information content (AvgIpc) is 2.89. The zero-order valence-corrected chi connectivity index (χ0v) is 8.26. The Kier molecular flexibility index (Phi) is 2.69. The van der Waals surface area contributed by atoms with Crippen LogP contribution >= 0.6 is 0 Å². The molecule has 0 N–H and O–H groups in total. The Hall–Kier alpha value is -0.0400. The lowest BCUT2D eigenvalue weighted by molar-refractivity contribution is 0.166. The maximum Gasteiger partial charge on any atom is 0.000978 e. The van der Waals surface area contributed by atoms with Crippen LogP contribution in [0, 0.1) is 11.8 Å². The van der Waals surface area contributed by atoms with Crippen molar-refractivity contribution in [2.24, 2.45) is 11.8 Å². The summed E-state index contributed by atoms with van der Waals surface area (Å²) in [4.78, 5) is 2.70. The third-order valence-electron chi connectivity index (χ3n) is 3.39. The van der Waals surface area contributed by atoms with Gasteiger partial charge in [-0.3, -0.25) is 0 Å². The maximum atomic E-state index is 2.70. The fourth-order valence-corrected chi connectivity index (χ4v) is 2.32. The van der Waals surface area contributed by atoms with Crippen LogP contribution in [0.15, 0.2) is 0 Å². The third-order valence-corrected chi connectivity index (χ3v) is 3.39. The number of nitrogens with zero attached hydrogens (tertiary/aromatic N) is 1. The highest BCUT2D eigenvalue weighted by molar-refractivity contribution is 4.80. The molecule has 1 saturated carbocycles. The van der Waals surface area contributed by atoms with E-state index in [0.29, 0.717) is 0 Å². The fraction of sp³-hybridized carbons (Fsp3) is 1.00. The van der Waals surface area contributed by atoms with Crippen LogP contribution in [0.25, 0.3) is 0 Å². The van der Waals surface area contributed by atoms with Crippen LogP contribution in [0.5, 0.6) is 0 Å². The zero-order chi connectivity index (χ0) is 8.39. The van der Waals surface area contributed by atoms with Crippen molar-refractivity contribution in [1.82, 2.24) is 4.90 Å². The Bertz CT molecular complexity index is 140. The molecule has 2 fully saturated rings. The summed E-state index contributed by atoms with van der Waals surface area (Å²) in [5.41, 5.74) is 0. The van der Waals surface area contributed by atoms with Gasteiger partial charge in [-0.05, 0) is 44.1 Å². The normalized spacial score (nSPS) is 32.2. The fourth-order valence-electron chi connectivity index (χ4n) is 2.32. The number of hydrogen-bond donors (Lipinski definition) is 0. The van der Waals surface area contributed by atoms with Gasteiger partial charge in [-0.25, -0.2) is 0 Å². The van der Waals surface area contributed by atoms with Gasteiger partial charge >= 0.3 is 0 Å². The molecule has 0 unspecified atom stereocenters. The van der Waals surface area contributed by atoms with Crippen molar-refractivity contribution in [3.8, 4) is 0 Å². The van der Waals surface area contributed by atoms with E-state index < -0.39 is 0 Å². The van der Waals surface area contributed by atoms with E-state index in [-0.39, 0.29) is 0 Å². The quantitative estimate of drug-likeness (QED) is 0.624. The Morgan fingerprint density at radius 1 is 1.17 bits per heavy atom. The number of likely N-dealkylation sites (tertiary alicyclic amines) is 1. The molecule has 0 aromatic heterocycles. The molecule has 1 aliphatic carbocycles. The molecule has 70 valence electrons. The predicted octanol–water partition coefficient (Wildman–Crippen LogP) is 2.52. The van der Waals surface area contributed by atoms with Gasteiger partial charge in [0.1, 0.15) is 0 Å². The monoisotopic (exact) mass is 167 g/mol. The van der Waals surface area contributed by atoms with Gasteiger partial charge in [-0.1, -0.05) is 13.3 Å². The molecule has 1 heterocycles. The van der Waals surface area contributed by atoms with Crippen LogP contribution in [0.3, 0.4) is 0 Å². The Morgan fingerprint density at radius 3 is 2.67 bits per heavy atom. The van der Waals surface area contributed by atoms with Crippen molar-refractivity contribution in [1.29, 1.82) is 0 Å². The Labute approximate surface area is 76.1 Å². The summed E-state index contributed by atoms with van der Waals surface area (Å²) in [5, 5.41) is 0. The Morgan fingerprint density at radius 2 is 2.00 bits per heavy atom. The zero-order valence-electron chi connectivity index (χ0n) is 8.26. The molecule has 0 spiro atoms. The topological polar surface area (TPSA) is 3.24 Å². The maximum absolute atomic E-state index is 2.70. The standard InChI is InChI=1S/C11H21N/c1-2-10-4-3-7-12(8-10)9-11-5-6-11/h10-11H,2-9H2,1H3/t10-/m0/s1. The minimum atomic E-state index is 1.01. The number of piperidine rings is 1. The van der Waals surface area contributed by atoms with Gasteiger partial charge in [-0.15, -0.1) is 0 Å². The van der Waals surface area contributed by atoms with Gasteiger partial charge in [0, 0.05) is 13.1 Å². The number of hydrogen-bond acceptors (Lipinski definition) is 1. The van der Waals surface area contributed by atoms with E-state index in [9.17, 15) is 0 Å². The van der Waals surface area contributed by atoms with Gasteiger partial charge in [0.2, 0.25) is 0 Å². The molecule has 0 aromatic carbocycles. The molecule has 2 aliphatic rings. The molecule has 0 radical (unpaired) electrons. The molecule has 12 heavy (non-hydrogen) atoms. The molecule has 1 nitrogen and oxygen atoms in total. The largest absolute Gasteiger partial charge is 0.303 e. The lowest BCUT2D eigenvalue weighted by atomic mass is 9.95. The first-order valence-corrected chi connectivity index (χ1v) is 5.61. The van der Waals surface area contributed by atoms with Crippen molar-refractivity contribution < 1.29 is 0 Å². The van der Waals surface area contributed by atoms with Crippen LogP contribution in [-0.2, 0) is 0 Å². The van der Waals surface area contributed by atoms with Crippen LogP contribution in [0.2, 0.25) is 0 Å². The van der Waals surface area contributed by atoms with Gasteiger partial charge in [0.05, 0.1) is 0 Å². The van der Waals surface area contributed by atoms with E-state index in [4.69, 9.17) is 0 Å². The van der Waals surface area contributed by atoms with Crippen molar-refractivity contribution in [3.63, 3.8) is 0 Å². The molecule has 0 aromatic rings. The van der Waals surface area contributed by atoms with Gasteiger partial charge < -0.3 is 4.90 Å². The highest BCUT2D eigenvalue weighted by Crippen LogP contribution is 2.31. The summed E-state index contributed by atoms with van der Waals surface area (Å²) in [5.74, 6) is 2.10. The summed E-state index contributed by atoms with van der Waals surface area (Å²) in [6.45, 7) is 6.53. The summed E-state index contributed by atoms with van der Waals surface area (Å²) in [7, 11) is 0. The molecule has 1 heteroatoms. The SMILES string of the molecule is CC[C@H]1CCCN(CC2CC2)C1. The van der Waals surface area contributed by atoms with E-state index in [1.165, 1.54) is 51.7 Å². The molecule has 2 rings (SSSR count). The first kappa shape index (κ1) is 8.55. The molecule has 1 aliphatic heterocycles. The van der Waals surface area contributed by atoms with Crippen molar-refractivity contribution in [2.45, 2.75) is 39.0 Å². The van der Waals surface area contributed by atoms with E-state index in [1.54, 1.807) is 0 Å². The van der Waals surface area contributed by atoms with Crippen molar-refractivity contribution >= 4 is 0 Å². The summed E-state index contributed by atoms with van der Waals surface area (Å²) >= 11 is 0. The smallest absolute Gasteiger partial charge is 0.000978 e. The molecule has 0 amide bonds. The third kappa shape index (κ3) is 2.22. The van der Waals surface area contributed by atoms with Crippen molar-refractivity contribution in [3.05, 3.63) is 0 Å². The second kappa shape index (κ2) is 3.78. The van der Waals surface area contributed by atoms with Crippen molar-refractivity contribution in [2.75, 3.05) is 19.6 Å². The minimum absolute atomic E-state index is 1.01. The average molecular weight is 167 g/mol. The summed E-state index contributed by atoms with van der Waals surface area (Å²) < 4.78 is 0. The van der Waals surface area contributed by atoms with Gasteiger partial charge in [0.25, 0.3) is 0 Å². The van der Waals surface area contributed by atoms with Crippen LogP contribution < -0.4 is 0 Å². The van der Waals surface area contributed by atoms with E-state index in [1.807, 2.05) is 0 Å². The Balaban J connectivity index is 1.73. The molecule has 1 saturated heterocycles. The van der Waals surface area contributed by atoms with Crippen LogP contribution in [0.4, 0.5) is 0 Å². The molecular formula is C11H21N. The number of rotatable bonds is 3. The first-order valence-electron chi connectivity index (χ1n) is 5.61. The lowest BCUT2D eigenvalue weighted by Gasteiger charge is -2.32. The summed E-state index contributed by atoms with van der Waals surface area (Å²) in [6, 6.07) is 0. The van der Waals surface area contributed by atoms with E-state index in [0.717, 1.165) is 11.8 Å². The minimum Gasteiger partial charge on any atom is -0.303 e. The highest BCUT2D eigenvalue weighted by Gasteiger charge is 2.26. The molecular weight excluding hydrogens is 146 g/mol. The predicted molar refractivity (Wildman–Crippen MR) is 52.2 cm³/mol. The summed E-state index contributed by atoms with van der Waals surface area (Å²) in [6.07, 6.45) is 7.34. The van der Waals surface area contributed by atoms with E-state index in [2.05, 4.69) is 11.8 Å². The second-order valence-corrected chi connectivity index (χ2v) is 4.62. The second-order valence-electron chi connectivity index (χ2n) is 4.62. The lowest BCUT2D eigenvalue weighted by Crippen LogP contribution is -2.36. The van der Waals surface area contributed by atoms with Crippen LogP contribution in [0.1, 0.15) is 39.0 Å².